The first-order valence-electron chi connectivity index (χ1n) is 10.6. The van der Waals surface area contributed by atoms with Crippen molar-refractivity contribution in [3.8, 4) is 11.1 Å². The number of nitrogens with zero attached hydrogens (tertiary/aromatic N) is 2. The zero-order valence-corrected chi connectivity index (χ0v) is 17.6. The lowest BCUT2D eigenvalue weighted by atomic mass is 9.96. The van der Waals surface area contributed by atoms with Crippen LogP contribution in [-0.4, -0.2) is 34.4 Å². The minimum atomic E-state index is -0.256. The molecule has 1 saturated heterocycles. The molecule has 1 aliphatic rings. The van der Waals surface area contributed by atoms with Crippen molar-refractivity contribution in [3.05, 3.63) is 90.0 Å². The van der Waals surface area contributed by atoms with E-state index in [-0.39, 0.29) is 5.82 Å². The highest BCUT2D eigenvalue weighted by atomic mass is 19.1. The Balaban J connectivity index is 0.000000158. The van der Waals surface area contributed by atoms with E-state index < -0.39 is 0 Å². The van der Waals surface area contributed by atoms with Crippen LogP contribution in [0.1, 0.15) is 30.1 Å². The van der Waals surface area contributed by atoms with Crippen molar-refractivity contribution in [2.75, 3.05) is 13.1 Å². The summed E-state index contributed by atoms with van der Waals surface area (Å²) in [6, 6.07) is 23.6. The summed E-state index contributed by atoms with van der Waals surface area (Å²) in [5, 5.41) is 0. The van der Waals surface area contributed by atoms with Crippen molar-refractivity contribution in [3.63, 3.8) is 0 Å². The van der Waals surface area contributed by atoms with E-state index in [4.69, 9.17) is 0 Å². The van der Waals surface area contributed by atoms with Crippen LogP contribution in [0.5, 0.6) is 0 Å². The van der Waals surface area contributed by atoms with Gasteiger partial charge < -0.3 is 9.88 Å². The van der Waals surface area contributed by atoms with Crippen LogP contribution < -0.4 is 0 Å². The fourth-order valence-corrected chi connectivity index (χ4v) is 3.85. The highest BCUT2D eigenvalue weighted by molar-refractivity contribution is 5.75. The topological polar surface area (TPSA) is 49.0 Å². The molecule has 0 spiro atoms. The first-order chi connectivity index (χ1) is 15.1. The first-order valence-corrected chi connectivity index (χ1v) is 10.6. The van der Waals surface area contributed by atoms with Crippen molar-refractivity contribution in [2.45, 2.75) is 25.7 Å². The molecule has 0 atom stereocenters. The number of carbonyl (C=O) groups excluding carboxylic acids is 1. The molecule has 4 nitrogen and oxygen atoms in total. The van der Waals surface area contributed by atoms with Crippen LogP contribution in [0.2, 0.25) is 0 Å². The minimum Gasteiger partial charge on any atom is -0.345 e. The van der Waals surface area contributed by atoms with Gasteiger partial charge in [0.25, 0.3) is 0 Å². The number of hydrogen-bond acceptors (Lipinski definition) is 2. The fourth-order valence-electron chi connectivity index (χ4n) is 3.85. The second kappa shape index (κ2) is 9.56. The largest absolute Gasteiger partial charge is 0.345 e. The van der Waals surface area contributed by atoms with Gasteiger partial charge in [0.1, 0.15) is 11.6 Å². The van der Waals surface area contributed by atoms with Crippen LogP contribution in [0, 0.1) is 12.7 Å². The molecular formula is C26H26FN3O. The van der Waals surface area contributed by atoms with Crippen molar-refractivity contribution in [1.82, 2.24) is 14.9 Å². The number of nitrogens with one attached hydrogen (secondary N) is 1. The van der Waals surface area contributed by atoms with Gasteiger partial charge in [0.15, 0.2) is 0 Å². The molecule has 31 heavy (non-hydrogen) atoms. The molecule has 0 unspecified atom stereocenters. The Hall–Kier alpha value is -3.47. The number of piperidine rings is 1. The Labute approximate surface area is 181 Å². The number of rotatable bonds is 3. The van der Waals surface area contributed by atoms with Crippen molar-refractivity contribution >= 4 is 17.4 Å². The molecule has 4 aromatic rings. The van der Waals surface area contributed by atoms with Gasteiger partial charge in [0, 0.05) is 19.0 Å². The minimum absolute atomic E-state index is 0.256. The number of aromatic nitrogens is 2. The van der Waals surface area contributed by atoms with Gasteiger partial charge >= 0.3 is 0 Å². The standard InChI is InChI=1S/C13H14FN3O.C13H12/c14-10-1-2-11-12(7-10)16-13(15-11)9-3-5-17(8-18)6-4-9;1-11-7-9-13(10-8-11)12-5-3-2-4-6-12/h1-2,7-9H,3-6H2,(H,15,16);2-10H,1H3. The number of carbonyl (C=O) groups is 1. The van der Waals surface area contributed by atoms with E-state index in [1.165, 1.54) is 28.8 Å². The normalized spacial score (nSPS) is 14.2. The molecule has 5 rings (SSSR count). The van der Waals surface area contributed by atoms with E-state index in [1.54, 1.807) is 11.0 Å². The van der Waals surface area contributed by atoms with E-state index in [0.29, 0.717) is 5.92 Å². The van der Waals surface area contributed by atoms with E-state index >= 15 is 0 Å². The average molecular weight is 416 g/mol. The summed E-state index contributed by atoms with van der Waals surface area (Å²) >= 11 is 0. The van der Waals surface area contributed by atoms with Gasteiger partial charge in [0.2, 0.25) is 6.41 Å². The van der Waals surface area contributed by atoms with Gasteiger partial charge in [-0.3, -0.25) is 4.79 Å². The van der Waals surface area contributed by atoms with Crippen molar-refractivity contribution in [2.24, 2.45) is 0 Å². The van der Waals surface area contributed by atoms with E-state index in [9.17, 15) is 9.18 Å². The maximum atomic E-state index is 13.1. The lowest BCUT2D eigenvalue weighted by Gasteiger charge is -2.27. The fraction of sp³-hybridized carbons (Fsp3) is 0.231. The van der Waals surface area contributed by atoms with Crippen molar-refractivity contribution in [1.29, 1.82) is 0 Å². The number of hydrogen-bond donors (Lipinski definition) is 1. The smallest absolute Gasteiger partial charge is 0.209 e. The third-order valence-electron chi connectivity index (χ3n) is 5.69. The Morgan fingerprint density at radius 2 is 1.65 bits per heavy atom. The second-order valence-corrected chi connectivity index (χ2v) is 7.93. The van der Waals surface area contributed by atoms with Crippen LogP contribution >= 0.6 is 0 Å². The monoisotopic (exact) mass is 415 g/mol. The quantitative estimate of drug-likeness (QED) is 0.436. The van der Waals surface area contributed by atoms with Crippen LogP contribution in [0.3, 0.4) is 0 Å². The summed E-state index contributed by atoms with van der Waals surface area (Å²) in [4.78, 5) is 20.1. The SMILES string of the molecule is Cc1ccc(-c2ccccc2)cc1.O=CN1CCC(c2nc3ccc(F)cc3[nH]2)CC1. The Bertz CT molecular complexity index is 1130. The van der Waals surface area contributed by atoms with E-state index in [0.717, 1.165) is 49.2 Å². The van der Waals surface area contributed by atoms with Crippen molar-refractivity contribution < 1.29 is 9.18 Å². The van der Waals surface area contributed by atoms with Crippen LogP contribution in [0.15, 0.2) is 72.8 Å². The number of imidazole rings is 1. The molecule has 1 aromatic heterocycles. The number of halogens is 1. The van der Waals surface area contributed by atoms with Crippen LogP contribution in [0.25, 0.3) is 22.2 Å². The predicted molar refractivity (Wildman–Crippen MR) is 122 cm³/mol. The van der Waals surface area contributed by atoms with Gasteiger partial charge in [-0.05, 0) is 49.1 Å². The Kier molecular flexibility index (Phi) is 6.41. The molecule has 1 aliphatic heterocycles. The molecule has 158 valence electrons. The summed E-state index contributed by atoms with van der Waals surface area (Å²) in [6.07, 6.45) is 2.70. The molecular weight excluding hydrogens is 389 g/mol. The highest BCUT2D eigenvalue weighted by Crippen LogP contribution is 2.27. The van der Waals surface area contributed by atoms with E-state index in [1.807, 2.05) is 6.07 Å². The Morgan fingerprint density at radius 3 is 2.32 bits per heavy atom. The molecule has 0 aliphatic carbocycles. The van der Waals surface area contributed by atoms with Gasteiger partial charge in [0.05, 0.1) is 11.0 Å². The average Bonchev–Trinajstić information content (AvgIpc) is 3.24. The number of aromatic amines is 1. The third-order valence-corrected chi connectivity index (χ3v) is 5.69. The number of amides is 1. The first kappa shape index (κ1) is 20.8. The Morgan fingerprint density at radius 1 is 0.968 bits per heavy atom. The summed E-state index contributed by atoms with van der Waals surface area (Å²) in [5.74, 6) is 0.978. The van der Waals surface area contributed by atoms with Crippen LogP contribution in [0.4, 0.5) is 4.39 Å². The molecule has 1 fully saturated rings. The second-order valence-electron chi connectivity index (χ2n) is 7.93. The lowest BCUT2D eigenvalue weighted by molar-refractivity contribution is -0.119. The molecule has 5 heteroatoms. The van der Waals surface area contributed by atoms with Gasteiger partial charge in [-0.2, -0.15) is 0 Å². The lowest BCUT2D eigenvalue weighted by Crippen LogP contribution is -2.31. The maximum Gasteiger partial charge on any atom is 0.209 e. The predicted octanol–water partition coefficient (Wildman–Crippen LogP) is 5.70. The zero-order chi connectivity index (χ0) is 21.6. The molecule has 1 N–H and O–H groups in total. The van der Waals surface area contributed by atoms with E-state index in [2.05, 4.69) is 65.4 Å². The summed E-state index contributed by atoms with van der Waals surface area (Å²) in [5.41, 5.74) is 5.40. The number of fused-ring (bicyclic) bond motifs is 1. The molecule has 3 aromatic carbocycles. The molecule has 2 heterocycles. The molecule has 1 amide bonds. The molecule has 0 bridgehead atoms. The number of benzene rings is 3. The summed E-state index contributed by atoms with van der Waals surface area (Å²) in [6.45, 7) is 3.63. The van der Waals surface area contributed by atoms with Gasteiger partial charge in [-0.25, -0.2) is 9.37 Å². The molecule has 0 radical (unpaired) electrons. The van der Waals surface area contributed by atoms with Crippen LogP contribution in [-0.2, 0) is 4.79 Å². The number of H-pyrrole nitrogens is 1. The van der Waals surface area contributed by atoms with Gasteiger partial charge in [-0.1, -0.05) is 60.2 Å². The molecule has 0 saturated carbocycles. The summed E-state index contributed by atoms with van der Waals surface area (Å²) < 4.78 is 13.1. The summed E-state index contributed by atoms with van der Waals surface area (Å²) in [7, 11) is 0. The third kappa shape index (κ3) is 5.18. The van der Waals surface area contributed by atoms with Gasteiger partial charge in [-0.15, -0.1) is 0 Å². The highest BCUT2D eigenvalue weighted by Gasteiger charge is 2.22. The number of likely N-dealkylation sites (tertiary alicyclic amines) is 1. The maximum absolute atomic E-state index is 13.1. The zero-order valence-electron chi connectivity index (χ0n) is 17.6. The number of aryl methyl sites for hydroxylation is 1.